The summed E-state index contributed by atoms with van der Waals surface area (Å²) in [6.07, 6.45) is 2.86. The predicted molar refractivity (Wildman–Crippen MR) is 71.4 cm³/mol. The van der Waals surface area contributed by atoms with Crippen LogP contribution >= 0.6 is 0 Å². The molecular weight excluding hydrogens is 232 g/mol. The molecule has 0 heterocycles. The maximum Gasteiger partial charge on any atom is 0.175 e. The van der Waals surface area contributed by atoms with Crippen molar-refractivity contribution in [2.24, 2.45) is 11.5 Å². The molecule has 0 atom stereocenters. The van der Waals surface area contributed by atoms with E-state index in [1.54, 1.807) is 24.3 Å². The summed E-state index contributed by atoms with van der Waals surface area (Å²) in [6, 6.07) is 6.89. The van der Waals surface area contributed by atoms with Gasteiger partial charge < -0.3 is 16.4 Å². The average molecular weight is 254 g/mol. The Morgan fingerprint density at radius 3 is 2.28 bits per heavy atom. The molecule has 0 aliphatic carbocycles. The number of nitrogens with two attached hydrogens (primary N) is 2. The first-order valence-corrected chi connectivity index (χ1v) is 6.03. The molecule has 4 N–H and O–H groups in total. The molecule has 0 aliphatic heterocycles. The Balaban J connectivity index is 0.000000411. The Hall–Kier alpha value is -1.43. The van der Waals surface area contributed by atoms with Crippen LogP contribution in [0, 0.1) is 0 Å². The second kappa shape index (κ2) is 12.0. The fourth-order valence-corrected chi connectivity index (χ4v) is 1.06. The van der Waals surface area contributed by atoms with Crippen molar-refractivity contribution in [1.82, 2.24) is 0 Å². The molecule has 0 unspecified atom stereocenters. The summed E-state index contributed by atoms with van der Waals surface area (Å²) >= 11 is 0. The highest BCUT2D eigenvalue weighted by molar-refractivity contribution is 5.78. The van der Waals surface area contributed by atoms with Crippen LogP contribution in [-0.4, -0.2) is 26.0 Å². The van der Waals surface area contributed by atoms with Crippen molar-refractivity contribution in [3.8, 4) is 5.75 Å². The van der Waals surface area contributed by atoms with Gasteiger partial charge in [0, 0.05) is 0 Å². The lowest BCUT2D eigenvalue weighted by molar-refractivity contribution is -0.202. The standard InChI is InChI=1S/C9H10O3.C4H12N2/c1-2-11-12-9-6-4-3-5-8(9)7-10;5-3-1-2-4-6/h3-7H,2H2,1H3;1-6H2. The Bertz CT molecular complexity index is 315. The maximum absolute atomic E-state index is 10.5. The Kier molecular flexibility index (Phi) is 11.1. The van der Waals surface area contributed by atoms with Crippen molar-refractivity contribution in [3.05, 3.63) is 29.8 Å². The highest BCUT2D eigenvalue weighted by atomic mass is 17.2. The summed E-state index contributed by atoms with van der Waals surface area (Å²) in [4.78, 5) is 20.0. The van der Waals surface area contributed by atoms with E-state index in [0.29, 0.717) is 17.9 Å². The normalized spacial score (nSPS) is 9.28. The summed E-state index contributed by atoms with van der Waals surface area (Å²) in [7, 11) is 0. The number of hydrogen-bond acceptors (Lipinski definition) is 5. The monoisotopic (exact) mass is 254 g/mol. The van der Waals surface area contributed by atoms with Gasteiger partial charge in [-0.25, -0.2) is 0 Å². The van der Waals surface area contributed by atoms with E-state index >= 15 is 0 Å². The van der Waals surface area contributed by atoms with Crippen LogP contribution in [0.4, 0.5) is 0 Å². The summed E-state index contributed by atoms with van der Waals surface area (Å²) in [5.74, 6) is 0.453. The highest BCUT2D eigenvalue weighted by Gasteiger charge is 2.00. The first-order valence-electron chi connectivity index (χ1n) is 6.03. The Morgan fingerprint density at radius 1 is 1.17 bits per heavy atom. The molecular formula is C13H22N2O3. The van der Waals surface area contributed by atoms with Crippen LogP contribution in [0.15, 0.2) is 24.3 Å². The molecule has 0 aromatic heterocycles. The molecule has 1 aromatic carbocycles. The van der Waals surface area contributed by atoms with Gasteiger partial charge in [0.05, 0.1) is 12.2 Å². The summed E-state index contributed by atoms with van der Waals surface area (Å²) in [5.41, 5.74) is 10.8. The van der Waals surface area contributed by atoms with Crippen LogP contribution in [0.25, 0.3) is 0 Å². The smallest absolute Gasteiger partial charge is 0.175 e. The lowest BCUT2D eigenvalue weighted by Gasteiger charge is -2.03. The molecule has 0 spiro atoms. The SMILES string of the molecule is CCOOc1ccccc1C=O.NCCCCN. The zero-order valence-electron chi connectivity index (χ0n) is 10.8. The van der Waals surface area contributed by atoms with Gasteiger partial charge in [-0.1, -0.05) is 12.1 Å². The molecule has 0 amide bonds. The summed E-state index contributed by atoms with van der Waals surface area (Å²) in [6.45, 7) is 3.81. The van der Waals surface area contributed by atoms with Gasteiger partial charge in [-0.2, -0.15) is 4.89 Å². The first-order chi connectivity index (χ1) is 8.79. The van der Waals surface area contributed by atoms with Crippen LogP contribution < -0.4 is 16.4 Å². The minimum atomic E-state index is 0.452. The topological polar surface area (TPSA) is 87.6 Å². The number of unbranched alkanes of at least 4 members (excludes halogenated alkanes) is 1. The van der Waals surface area contributed by atoms with Gasteiger partial charge in [0.2, 0.25) is 0 Å². The zero-order chi connectivity index (χ0) is 13.6. The van der Waals surface area contributed by atoms with E-state index in [1.165, 1.54) is 0 Å². The van der Waals surface area contributed by atoms with E-state index in [0.717, 1.165) is 32.2 Å². The number of para-hydroxylation sites is 1. The highest BCUT2D eigenvalue weighted by Crippen LogP contribution is 2.15. The zero-order valence-corrected chi connectivity index (χ0v) is 10.8. The number of carbonyl (C=O) groups is 1. The largest absolute Gasteiger partial charge is 0.337 e. The number of rotatable bonds is 7. The predicted octanol–water partition coefficient (Wildman–Crippen LogP) is 1.51. The fraction of sp³-hybridized carbons (Fsp3) is 0.462. The van der Waals surface area contributed by atoms with Gasteiger partial charge >= 0.3 is 0 Å². The van der Waals surface area contributed by atoms with E-state index in [2.05, 4.69) is 0 Å². The third-order valence-corrected chi connectivity index (χ3v) is 1.97. The maximum atomic E-state index is 10.5. The minimum absolute atomic E-state index is 0.452. The minimum Gasteiger partial charge on any atom is -0.337 e. The quantitative estimate of drug-likeness (QED) is 0.333. The number of hydrogen-bond donors (Lipinski definition) is 2. The van der Waals surface area contributed by atoms with E-state index in [-0.39, 0.29) is 0 Å². The van der Waals surface area contributed by atoms with Crippen molar-refractivity contribution >= 4 is 6.29 Å². The van der Waals surface area contributed by atoms with Crippen LogP contribution in [0.5, 0.6) is 5.75 Å². The molecule has 1 aromatic rings. The van der Waals surface area contributed by atoms with Crippen molar-refractivity contribution in [2.45, 2.75) is 19.8 Å². The molecule has 0 saturated carbocycles. The summed E-state index contributed by atoms with van der Waals surface area (Å²) in [5, 5.41) is 0. The lowest BCUT2D eigenvalue weighted by atomic mass is 10.2. The Labute approximate surface area is 108 Å². The van der Waals surface area contributed by atoms with Gasteiger partial charge in [0.15, 0.2) is 12.0 Å². The number of benzene rings is 1. The lowest BCUT2D eigenvalue weighted by Crippen LogP contribution is -2.03. The molecule has 102 valence electrons. The third-order valence-electron chi connectivity index (χ3n) is 1.97. The molecule has 18 heavy (non-hydrogen) atoms. The number of aldehydes is 1. The van der Waals surface area contributed by atoms with Gasteiger partial charge in [0.25, 0.3) is 0 Å². The van der Waals surface area contributed by atoms with Gasteiger partial charge in [-0.15, -0.1) is 0 Å². The second-order valence-corrected chi connectivity index (χ2v) is 3.43. The van der Waals surface area contributed by atoms with Crippen molar-refractivity contribution in [3.63, 3.8) is 0 Å². The van der Waals surface area contributed by atoms with Crippen LogP contribution in [0.2, 0.25) is 0 Å². The van der Waals surface area contributed by atoms with Crippen LogP contribution in [0.3, 0.4) is 0 Å². The van der Waals surface area contributed by atoms with Crippen molar-refractivity contribution in [1.29, 1.82) is 0 Å². The molecule has 5 nitrogen and oxygen atoms in total. The second-order valence-electron chi connectivity index (χ2n) is 3.43. The molecule has 5 heteroatoms. The van der Waals surface area contributed by atoms with Gasteiger partial charge in [0.1, 0.15) is 0 Å². The van der Waals surface area contributed by atoms with E-state index in [4.69, 9.17) is 21.2 Å². The van der Waals surface area contributed by atoms with Crippen LogP contribution in [0.1, 0.15) is 30.1 Å². The molecule has 0 saturated heterocycles. The van der Waals surface area contributed by atoms with Crippen molar-refractivity contribution in [2.75, 3.05) is 19.7 Å². The summed E-state index contributed by atoms with van der Waals surface area (Å²) < 4.78 is 0. The fourth-order valence-electron chi connectivity index (χ4n) is 1.06. The van der Waals surface area contributed by atoms with E-state index in [9.17, 15) is 4.79 Å². The van der Waals surface area contributed by atoms with E-state index < -0.39 is 0 Å². The molecule has 0 radical (unpaired) electrons. The molecule has 1 rings (SSSR count). The number of carbonyl (C=O) groups excluding carboxylic acids is 1. The Morgan fingerprint density at radius 2 is 1.78 bits per heavy atom. The molecule has 0 bridgehead atoms. The van der Waals surface area contributed by atoms with Crippen molar-refractivity contribution < 1.29 is 14.6 Å². The third kappa shape index (κ3) is 7.78. The first kappa shape index (κ1) is 16.6. The molecule has 0 fully saturated rings. The van der Waals surface area contributed by atoms with Gasteiger partial charge in [-0.05, 0) is 45.0 Å². The average Bonchev–Trinajstić information content (AvgIpc) is 2.43. The van der Waals surface area contributed by atoms with Gasteiger partial charge in [-0.3, -0.25) is 4.79 Å². The van der Waals surface area contributed by atoms with E-state index in [1.807, 2.05) is 6.92 Å². The molecule has 0 aliphatic rings. The van der Waals surface area contributed by atoms with Crippen LogP contribution in [-0.2, 0) is 4.89 Å².